The second kappa shape index (κ2) is 8.16. The van der Waals surface area contributed by atoms with Gasteiger partial charge in [0.2, 0.25) is 10.0 Å². The van der Waals surface area contributed by atoms with Crippen LogP contribution in [0.2, 0.25) is 5.02 Å². The first-order valence-corrected chi connectivity index (χ1v) is 11.4. The van der Waals surface area contributed by atoms with Crippen molar-refractivity contribution in [1.82, 2.24) is 4.98 Å². The molecule has 152 valence electrons. The molecule has 0 fully saturated rings. The minimum Gasteiger partial charge on any atom is -0.431 e. The van der Waals surface area contributed by atoms with E-state index in [4.69, 9.17) is 21.5 Å². The van der Waals surface area contributed by atoms with Crippen LogP contribution in [0.1, 0.15) is 0 Å². The molecule has 0 bridgehead atoms. The lowest BCUT2D eigenvalue weighted by molar-refractivity contribution is 0.479. The van der Waals surface area contributed by atoms with Gasteiger partial charge in [-0.15, -0.1) is 0 Å². The number of sulfonamides is 1. The number of rotatable bonds is 5. The molecule has 1 aromatic heterocycles. The highest BCUT2D eigenvalue weighted by atomic mass is 35.5. The second-order valence-corrected chi connectivity index (χ2v) is 9.25. The average Bonchev–Trinajstić information content (AvgIpc) is 3.13. The van der Waals surface area contributed by atoms with E-state index in [1.165, 1.54) is 35.6 Å². The van der Waals surface area contributed by atoms with Crippen LogP contribution in [0.5, 0.6) is 10.9 Å². The van der Waals surface area contributed by atoms with Gasteiger partial charge in [-0.3, -0.25) is 0 Å². The van der Waals surface area contributed by atoms with Crippen LogP contribution in [0, 0.1) is 5.82 Å². The van der Waals surface area contributed by atoms with Crippen molar-refractivity contribution in [2.45, 2.75) is 4.90 Å². The van der Waals surface area contributed by atoms with Gasteiger partial charge in [0.25, 0.3) is 5.19 Å². The minimum absolute atomic E-state index is 0.0109. The van der Waals surface area contributed by atoms with E-state index in [0.717, 1.165) is 10.4 Å². The van der Waals surface area contributed by atoms with Gasteiger partial charge in [-0.1, -0.05) is 35.1 Å². The third-order valence-corrected chi connectivity index (χ3v) is 6.35. The zero-order valence-electron chi connectivity index (χ0n) is 15.2. The summed E-state index contributed by atoms with van der Waals surface area (Å²) >= 11 is 7.19. The van der Waals surface area contributed by atoms with Crippen LogP contribution in [0.15, 0.2) is 77.7 Å². The van der Waals surface area contributed by atoms with Gasteiger partial charge >= 0.3 is 0 Å². The summed E-state index contributed by atoms with van der Waals surface area (Å²) < 4.78 is 42.3. The SMILES string of the molecule is NS(=O)(=O)c1ccc(-c2sc(Oc3ccc(Cl)cc3)nc2-c2ccc(F)cc2)cc1. The highest BCUT2D eigenvalue weighted by molar-refractivity contribution is 7.89. The van der Waals surface area contributed by atoms with Crippen LogP contribution >= 0.6 is 22.9 Å². The first-order chi connectivity index (χ1) is 14.3. The Morgan fingerprint density at radius 2 is 1.50 bits per heavy atom. The van der Waals surface area contributed by atoms with Gasteiger partial charge in [0.1, 0.15) is 11.6 Å². The van der Waals surface area contributed by atoms with Crippen LogP contribution in [0.3, 0.4) is 0 Å². The normalized spacial score (nSPS) is 11.4. The van der Waals surface area contributed by atoms with Crippen LogP contribution in [-0.4, -0.2) is 13.4 Å². The highest BCUT2D eigenvalue weighted by Gasteiger charge is 2.17. The van der Waals surface area contributed by atoms with E-state index in [0.29, 0.717) is 27.2 Å². The lowest BCUT2D eigenvalue weighted by atomic mass is 10.1. The molecule has 2 N–H and O–H groups in total. The van der Waals surface area contributed by atoms with Crippen LogP contribution in [0.25, 0.3) is 21.7 Å². The monoisotopic (exact) mass is 460 g/mol. The molecule has 0 saturated carbocycles. The van der Waals surface area contributed by atoms with Crippen molar-refractivity contribution in [3.8, 4) is 32.6 Å². The molecule has 4 rings (SSSR count). The van der Waals surface area contributed by atoms with Gasteiger partial charge in [-0.2, -0.15) is 0 Å². The van der Waals surface area contributed by atoms with E-state index in [9.17, 15) is 12.8 Å². The van der Waals surface area contributed by atoms with Gasteiger partial charge in [0.05, 0.1) is 15.5 Å². The van der Waals surface area contributed by atoms with Crippen molar-refractivity contribution in [2.75, 3.05) is 0 Å². The fraction of sp³-hybridized carbons (Fsp3) is 0. The molecule has 30 heavy (non-hydrogen) atoms. The summed E-state index contributed by atoms with van der Waals surface area (Å²) in [5.74, 6) is 0.209. The van der Waals surface area contributed by atoms with Crippen LogP contribution in [0.4, 0.5) is 4.39 Å². The largest absolute Gasteiger partial charge is 0.431 e. The molecule has 0 unspecified atom stereocenters. The zero-order valence-corrected chi connectivity index (χ0v) is 17.6. The molecule has 0 radical (unpaired) electrons. The van der Waals surface area contributed by atoms with E-state index in [1.807, 2.05) is 0 Å². The predicted molar refractivity (Wildman–Crippen MR) is 116 cm³/mol. The van der Waals surface area contributed by atoms with Crippen molar-refractivity contribution in [1.29, 1.82) is 0 Å². The molecular weight excluding hydrogens is 447 g/mol. The molecule has 0 saturated heterocycles. The third kappa shape index (κ3) is 4.52. The second-order valence-electron chi connectivity index (χ2n) is 6.29. The number of nitrogens with zero attached hydrogens (tertiary/aromatic N) is 1. The molecule has 9 heteroatoms. The number of aromatic nitrogens is 1. The summed E-state index contributed by atoms with van der Waals surface area (Å²) in [5, 5.41) is 6.14. The van der Waals surface area contributed by atoms with Crippen molar-refractivity contribution < 1.29 is 17.5 Å². The molecule has 5 nitrogen and oxygen atoms in total. The Hall–Kier alpha value is -2.78. The average molecular weight is 461 g/mol. The standard InChI is InChI=1S/C21H14ClFN2O3S2/c22-15-5-9-17(10-6-15)28-21-25-19(13-1-7-16(23)8-2-13)20(29-21)14-3-11-18(12-4-14)30(24,26)27/h1-12H,(H2,24,26,27). The smallest absolute Gasteiger partial charge is 0.279 e. The lowest BCUT2D eigenvalue weighted by Crippen LogP contribution is -2.11. The number of nitrogens with two attached hydrogens (primary N) is 1. The lowest BCUT2D eigenvalue weighted by Gasteiger charge is -2.04. The van der Waals surface area contributed by atoms with Crippen LogP contribution in [-0.2, 0) is 10.0 Å². The topological polar surface area (TPSA) is 82.3 Å². The van der Waals surface area contributed by atoms with Gasteiger partial charge in [0, 0.05) is 10.6 Å². The molecular formula is C21H14ClFN2O3S2. The number of benzene rings is 3. The molecule has 1 heterocycles. The van der Waals surface area contributed by atoms with Gasteiger partial charge in [-0.25, -0.2) is 22.9 Å². The van der Waals surface area contributed by atoms with Crippen molar-refractivity contribution in [3.05, 3.63) is 83.6 Å². The maximum absolute atomic E-state index is 13.4. The Balaban J connectivity index is 1.78. The van der Waals surface area contributed by atoms with Crippen molar-refractivity contribution in [3.63, 3.8) is 0 Å². The minimum atomic E-state index is -3.80. The quantitative estimate of drug-likeness (QED) is 0.413. The molecule has 0 amide bonds. The maximum atomic E-state index is 13.4. The van der Waals surface area contributed by atoms with Gasteiger partial charge in [-0.05, 0) is 66.2 Å². The third-order valence-electron chi connectivity index (χ3n) is 4.19. The van der Waals surface area contributed by atoms with E-state index >= 15 is 0 Å². The molecule has 0 aliphatic carbocycles. The summed E-state index contributed by atoms with van der Waals surface area (Å²) in [5.41, 5.74) is 2.02. The highest BCUT2D eigenvalue weighted by Crippen LogP contribution is 2.41. The molecule has 4 aromatic rings. The molecule has 0 aliphatic heterocycles. The fourth-order valence-corrected chi connectivity index (χ4v) is 4.35. The van der Waals surface area contributed by atoms with E-state index in [-0.39, 0.29) is 10.7 Å². The number of halogens is 2. The van der Waals surface area contributed by atoms with Gasteiger partial charge < -0.3 is 4.74 Å². The van der Waals surface area contributed by atoms with Gasteiger partial charge in [0.15, 0.2) is 0 Å². The summed E-state index contributed by atoms with van der Waals surface area (Å²) in [6.07, 6.45) is 0. The van der Waals surface area contributed by atoms with E-state index in [2.05, 4.69) is 4.98 Å². The Morgan fingerprint density at radius 1 is 0.900 bits per heavy atom. The Kier molecular flexibility index (Phi) is 5.57. The van der Waals surface area contributed by atoms with Crippen molar-refractivity contribution >= 4 is 33.0 Å². The summed E-state index contributed by atoms with van der Waals surface area (Å²) in [6, 6.07) is 19.0. The number of ether oxygens (including phenoxy) is 1. The summed E-state index contributed by atoms with van der Waals surface area (Å²) in [4.78, 5) is 5.33. The summed E-state index contributed by atoms with van der Waals surface area (Å²) in [6.45, 7) is 0. The molecule has 0 atom stereocenters. The maximum Gasteiger partial charge on any atom is 0.279 e. The molecule has 0 aliphatic rings. The molecule has 3 aromatic carbocycles. The number of primary sulfonamides is 1. The summed E-state index contributed by atoms with van der Waals surface area (Å²) in [7, 11) is -3.80. The Bertz CT molecular complexity index is 1290. The Morgan fingerprint density at radius 3 is 2.10 bits per heavy atom. The fourth-order valence-electron chi connectivity index (χ4n) is 2.74. The number of hydrogen-bond donors (Lipinski definition) is 1. The molecule has 0 spiro atoms. The van der Waals surface area contributed by atoms with Crippen LogP contribution < -0.4 is 9.88 Å². The zero-order chi connectivity index (χ0) is 21.3. The predicted octanol–water partition coefficient (Wildman–Crippen LogP) is 5.71. The first-order valence-electron chi connectivity index (χ1n) is 8.63. The number of hydrogen-bond acceptors (Lipinski definition) is 5. The Labute approximate surface area is 181 Å². The van der Waals surface area contributed by atoms with Crippen molar-refractivity contribution in [2.24, 2.45) is 5.14 Å². The number of thiazole rings is 1. The van der Waals surface area contributed by atoms with E-state index in [1.54, 1.807) is 48.5 Å². The van der Waals surface area contributed by atoms with E-state index < -0.39 is 10.0 Å². The first kappa shape index (κ1) is 20.5.